The van der Waals surface area contributed by atoms with Crippen LogP contribution in [0.25, 0.3) is 0 Å². The highest BCUT2D eigenvalue weighted by Crippen LogP contribution is 2.15. The van der Waals surface area contributed by atoms with E-state index in [1.807, 2.05) is 12.2 Å². The lowest BCUT2D eigenvalue weighted by atomic mass is 10.0. The van der Waals surface area contributed by atoms with Crippen molar-refractivity contribution < 1.29 is 28.6 Å². The molecule has 0 fully saturated rings. The molecular formula is C51H86O6. The largest absolute Gasteiger partial charge is 0.462 e. The van der Waals surface area contributed by atoms with Crippen LogP contribution in [0.5, 0.6) is 0 Å². The predicted octanol–water partition coefficient (Wildman–Crippen LogP) is 15.1. The Balaban J connectivity index is 4.39. The monoisotopic (exact) mass is 795 g/mol. The Morgan fingerprint density at radius 1 is 0.404 bits per heavy atom. The number of carbonyl (C=O) groups excluding carboxylic acids is 3. The molecule has 0 spiro atoms. The molecule has 0 aromatic carbocycles. The van der Waals surface area contributed by atoms with E-state index in [0.29, 0.717) is 6.42 Å². The first kappa shape index (κ1) is 53.9. The van der Waals surface area contributed by atoms with Crippen LogP contribution in [0.4, 0.5) is 0 Å². The molecule has 0 aliphatic carbocycles. The van der Waals surface area contributed by atoms with Crippen LogP contribution in [0.1, 0.15) is 213 Å². The van der Waals surface area contributed by atoms with Gasteiger partial charge in [0.05, 0.1) is 6.42 Å². The minimum atomic E-state index is -0.817. The lowest BCUT2D eigenvalue weighted by molar-refractivity contribution is -0.166. The van der Waals surface area contributed by atoms with Crippen molar-refractivity contribution in [3.05, 3.63) is 72.9 Å². The maximum atomic E-state index is 12.7. The summed E-state index contributed by atoms with van der Waals surface area (Å²) in [5.41, 5.74) is 0. The van der Waals surface area contributed by atoms with Crippen molar-refractivity contribution >= 4 is 17.9 Å². The normalized spacial score (nSPS) is 12.7. The Hall–Kier alpha value is -3.15. The third-order valence-electron chi connectivity index (χ3n) is 9.80. The number of ether oxygens (including phenoxy) is 3. The Labute approximate surface area is 351 Å². The molecule has 0 heterocycles. The van der Waals surface area contributed by atoms with Crippen LogP contribution in [0.15, 0.2) is 72.9 Å². The molecule has 0 aliphatic heterocycles. The summed E-state index contributed by atoms with van der Waals surface area (Å²) in [6, 6.07) is 0. The summed E-state index contributed by atoms with van der Waals surface area (Å²) in [7, 11) is 0. The molecular weight excluding hydrogens is 709 g/mol. The van der Waals surface area contributed by atoms with Gasteiger partial charge in [-0.15, -0.1) is 0 Å². The van der Waals surface area contributed by atoms with Crippen molar-refractivity contribution in [1.82, 2.24) is 0 Å². The van der Waals surface area contributed by atoms with Crippen LogP contribution in [0.3, 0.4) is 0 Å². The molecule has 0 saturated carbocycles. The Morgan fingerprint density at radius 3 is 1.35 bits per heavy atom. The minimum Gasteiger partial charge on any atom is -0.462 e. The summed E-state index contributed by atoms with van der Waals surface area (Å²) in [4.78, 5) is 37.7. The molecule has 0 N–H and O–H groups in total. The fourth-order valence-electron chi connectivity index (χ4n) is 6.33. The summed E-state index contributed by atoms with van der Waals surface area (Å²) in [6.45, 7) is 6.27. The third-order valence-corrected chi connectivity index (χ3v) is 9.80. The maximum Gasteiger partial charge on any atom is 0.309 e. The van der Waals surface area contributed by atoms with E-state index in [2.05, 4.69) is 75.5 Å². The van der Waals surface area contributed by atoms with Crippen LogP contribution in [-0.2, 0) is 28.6 Å². The van der Waals surface area contributed by atoms with Gasteiger partial charge in [0.2, 0.25) is 0 Å². The zero-order valence-corrected chi connectivity index (χ0v) is 37.1. The number of allylic oxidation sites excluding steroid dienone is 11. The van der Waals surface area contributed by atoms with Crippen LogP contribution in [0, 0.1) is 0 Å². The maximum absolute atomic E-state index is 12.7. The van der Waals surface area contributed by atoms with Gasteiger partial charge in [-0.1, -0.05) is 216 Å². The Bertz CT molecular complexity index is 1100. The molecule has 6 nitrogen and oxygen atoms in total. The van der Waals surface area contributed by atoms with Crippen LogP contribution in [0.2, 0.25) is 0 Å². The zero-order chi connectivity index (χ0) is 41.5. The molecule has 326 valence electrons. The number of carbonyl (C=O) groups is 3. The molecule has 0 aromatic heterocycles. The standard InChI is InChI=1S/C51H86O6/c1-4-7-10-13-16-19-21-23-24-25-26-28-29-32-35-38-41-44-50(53)56-47-48(46-55-49(52)43-40-37-34-31-18-15-12-9-6-3)57-51(54)45-42-39-36-33-30-27-22-20-17-14-11-8-5-2/h8-9,11-12,14,17-18,20,22,31,37,40,48H,4-7,10,13,15-16,19,21,23-30,32-36,38-39,41-47H2,1-3H3/b11-8-,12-9-,17-14-,22-20-,31-18-,40-37-. The highest BCUT2D eigenvalue weighted by Gasteiger charge is 2.19. The van der Waals surface area contributed by atoms with Crippen molar-refractivity contribution in [3.63, 3.8) is 0 Å². The number of rotatable bonds is 41. The van der Waals surface area contributed by atoms with E-state index in [9.17, 15) is 14.4 Å². The average molecular weight is 795 g/mol. The van der Waals surface area contributed by atoms with E-state index < -0.39 is 12.1 Å². The van der Waals surface area contributed by atoms with Crippen molar-refractivity contribution in [2.24, 2.45) is 0 Å². The lowest BCUT2D eigenvalue weighted by Gasteiger charge is -2.18. The van der Waals surface area contributed by atoms with E-state index in [1.165, 1.54) is 89.9 Å². The van der Waals surface area contributed by atoms with Crippen LogP contribution < -0.4 is 0 Å². The Kier molecular flexibility index (Phi) is 43.0. The van der Waals surface area contributed by atoms with Crippen molar-refractivity contribution in [2.45, 2.75) is 219 Å². The molecule has 57 heavy (non-hydrogen) atoms. The quantitative estimate of drug-likeness (QED) is 0.0202. The molecule has 0 aliphatic rings. The molecule has 0 radical (unpaired) electrons. The van der Waals surface area contributed by atoms with Gasteiger partial charge in [0.25, 0.3) is 0 Å². The molecule has 0 bridgehead atoms. The summed E-state index contributed by atoms with van der Waals surface area (Å²) >= 11 is 0. The third kappa shape index (κ3) is 43.8. The van der Waals surface area contributed by atoms with Crippen LogP contribution >= 0.6 is 0 Å². The summed E-state index contributed by atoms with van der Waals surface area (Å²) in [6.07, 6.45) is 56.4. The summed E-state index contributed by atoms with van der Waals surface area (Å²) < 4.78 is 16.6. The molecule has 0 aromatic rings. The second-order valence-corrected chi connectivity index (χ2v) is 15.3. The smallest absolute Gasteiger partial charge is 0.309 e. The lowest BCUT2D eigenvalue weighted by Crippen LogP contribution is -2.30. The number of unbranched alkanes of at least 4 members (excludes halogenated alkanes) is 21. The SMILES string of the molecule is CC\C=C/C=C\C=C/CCCCCCCC(=O)OC(COC(=O)C/C=C\C/C=C\C/C=C\CC)COC(=O)CCCCCCCCCCCCCCCCCCC. The van der Waals surface area contributed by atoms with Gasteiger partial charge in [-0.05, 0) is 51.4 Å². The van der Waals surface area contributed by atoms with Crippen molar-refractivity contribution in [3.8, 4) is 0 Å². The minimum absolute atomic E-state index is 0.110. The highest BCUT2D eigenvalue weighted by atomic mass is 16.6. The van der Waals surface area contributed by atoms with E-state index in [4.69, 9.17) is 14.2 Å². The van der Waals surface area contributed by atoms with E-state index in [0.717, 1.165) is 83.5 Å². The second-order valence-electron chi connectivity index (χ2n) is 15.3. The molecule has 6 heteroatoms. The summed E-state index contributed by atoms with van der Waals surface area (Å²) in [5.74, 6) is -1.06. The fourth-order valence-corrected chi connectivity index (χ4v) is 6.33. The molecule has 0 amide bonds. The number of esters is 3. The van der Waals surface area contributed by atoms with Gasteiger partial charge in [0.15, 0.2) is 6.10 Å². The summed E-state index contributed by atoms with van der Waals surface area (Å²) in [5, 5.41) is 0. The van der Waals surface area contributed by atoms with Gasteiger partial charge in [0, 0.05) is 12.8 Å². The van der Waals surface area contributed by atoms with E-state index in [-0.39, 0.29) is 38.0 Å². The van der Waals surface area contributed by atoms with Gasteiger partial charge in [-0.3, -0.25) is 14.4 Å². The average Bonchev–Trinajstić information content (AvgIpc) is 3.21. The van der Waals surface area contributed by atoms with Gasteiger partial charge >= 0.3 is 17.9 Å². The van der Waals surface area contributed by atoms with Gasteiger partial charge < -0.3 is 14.2 Å². The first-order valence-corrected chi connectivity index (χ1v) is 23.5. The highest BCUT2D eigenvalue weighted by molar-refractivity contribution is 5.72. The predicted molar refractivity (Wildman–Crippen MR) is 242 cm³/mol. The van der Waals surface area contributed by atoms with E-state index >= 15 is 0 Å². The first-order valence-electron chi connectivity index (χ1n) is 23.5. The number of hydrogen-bond acceptors (Lipinski definition) is 6. The van der Waals surface area contributed by atoms with Gasteiger partial charge in [-0.2, -0.15) is 0 Å². The topological polar surface area (TPSA) is 78.9 Å². The van der Waals surface area contributed by atoms with Gasteiger partial charge in [0.1, 0.15) is 13.2 Å². The second kappa shape index (κ2) is 45.6. The molecule has 1 unspecified atom stereocenters. The van der Waals surface area contributed by atoms with E-state index in [1.54, 1.807) is 6.08 Å². The molecule has 0 saturated heterocycles. The Morgan fingerprint density at radius 2 is 0.825 bits per heavy atom. The number of hydrogen-bond donors (Lipinski definition) is 0. The van der Waals surface area contributed by atoms with Crippen molar-refractivity contribution in [1.29, 1.82) is 0 Å². The van der Waals surface area contributed by atoms with Crippen molar-refractivity contribution in [2.75, 3.05) is 13.2 Å². The molecule has 1 atom stereocenters. The van der Waals surface area contributed by atoms with Crippen LogP contribution in [-0.4, -0.2) is 37.2 Å². The fraction of sp³-hybridized carbons (Fsp3) is 0.706. The molecule has 0 rings (SSSR count). The van der Waals surface area contributed by atoms with Gasteiger partial charge in [-0.25, -0.2) is 0 Å². The first-order chi connectivity index (χ1) is 28.0. The zero-order valence-electron chi connectivity index (χ0n) is 37.1.